The molecule has 0 amide bonds. The summed E-state index contributed by atoms with van der Waals surface area (Å²) >= 11 is 3.43. The Morgan fingerprint density at radius 3 is 2.38 bits per heavy atom. The molecule has 5 nitrogen and oxygen atoms in total. The number of alkyl halides is 1. The highest BCUT2D eigenvalue weighted by molar-refractivity contribution is 9.09. The molecule has 1 heterocycles. The summed E-state index contributed by atoms with van der Waals surface area (Å²) in [6, 6.07) is 3.35. The first-order valence-corrected chi connectivity index (χ1v) is 8.58. The van der Waals surface area contributed by atoms with E-state index in [1.165, 1.54) is 32.1 Å². The number of unbranched alkanes of at least 4 members (excludes halogenated alkanes) is 6. The maximum absolute atomic E-state index is 10.9. The Labute approximate surface area is 134 Å². The maximum Gasteiger partial charge on any atom is 0.406 e. The Morgan fingerprint density at radius 1 is 1.14 bits per heavy atom. The van der Waals surface area contributed by atoms with Crippen molar-refractivity contribution in [2.24, 2.45) is 0 Å². The molecule has 0 bridgehead atoms. The average molecular weight is 359 g/mol. The predicted octanol–water partition coefficient (Wildman–Crippen LogP) is 4.80. The van der Waals surface area contributed by atoms with E-state index in [1.54, 1.807) is 19.1 Å². The zero-order valence-corrected chi connectivity index (χ0v) is 14.1. The van der Waals surface area contributed by atoms with Gasteiger partial charge in [-0.25, -0.2) is 0 Å². The standard InChI is InChI=1S/C15H23BrN2O3/c1-13-9-10-14(15(17-13)18(19)20)21-12-8-6-4-2-3-5-7-11-16/h9-10H,2-8,11-12H2,1H3. The first-order valence-electron chi connectivity index (χ1n) is 7.46. The number of halogens is 1. The SMILES string of the molecule is Cc1ccc(OCCCCCCCCCBr)c([N+](=O)[O-])n1. The maximum atomic E-state index is 10.9. The molecule has 118 valence electrons. The van der Waals surface area contributed by atoms with E-state index in [9.17, 15) is 10.1 Å². The van der Waals surface area contributed by atoms with Crippen molar-refractivity contribution in [3.63, 3.8) is 0 Å². The van der Waals surface area contributed by atoms with E-state index in [1.807, 2.05) is 0 Å². The molecule has 0 unspecified atom stereocenters. The zero-order chi connectivity index (χ0) is 15.5. The minimum Gasteiger partial charge on any atom is -0.486 e. The van der Waals surface area contributed by atoms with Gasteiger partial charge in [0.15, 0.2) is 0 Å². The molecule has 1 rings (SSSR count). The molecule has 21 heavy (non-hydrogen) atoms. The summed E-state index contributed by atoms with van der Waals surface area (Å²) < 4.78 is 5.49. The Balaban J connectivity index is 2.20. The second-order valence-corrected chi connectivity index (χ2v) is 5.84. The Morgan fingerprint density at radius 2 is 1.76 bits per heavy atom. The van der Waals surface area contributed by atoms with Crippen LogP contribution in [0.4, 0.5) is 5.82 Å². The molecule has 0 saturated heterocycles. The van der Waals surface area contributed by atoms with Gasteiger partial charge in [-0.05, 0) is 34.9 Å². The summed E-state index contributed by atoms with van der Waals surface area (Å²) in [5.41, 5.74) is 0.623. The normalized spacial score (nSPS) is 10.6. The van der Waals surface area contributed by atoms with Crippen LogP contribution in [0.3, 0.4) is 0 Å². The van der Waals surface area contributed by atoms with E-state index in [2.05, 4.69) is 20.9 Å². The molecular formula is C15H23BrN2O3. The fourth-order valence-corrected chi connectivity index (χ4v) is 2.43. The molecule has 0 spiro atoms. The molecule has 0 atom stereocenters. The topological polar surface area (TPSA) is 65.3 Å². The second-order valence-electron chi connectivity index (χ2n) is 5.04. The number of pyridine rings is 1. The summed E-state index contributed by atoms with van der Waals surface area (Å²) in [4.78, 5) is 14.3. The number of aryl methyl sites for hydroxylation is 1. The molecule has 1 aromatic rings. The van der Waals surface area contributed by atoms with Crippen molar-refractivity contribution in [1.82, 2.24) is 4.98 Å². The molecule has 0 N–H and O–H groups in total. The zero-order valence-electron chi connectivity index (χ0n) is 12.5. The van der Waals surface area contributed by atoms with Crippen LogP contribution in [0, 0.1) is 17.0 Å². The Kier molecular flexibility index (Phi) is 8.98. The molecule has 0 aliphatic rings. The van der Waals surface area contributed by atoms with Crippen LogP contribution in [0.15, 0.2) is 12.1 Å². The van der Waals surface area contributed by atoms with Crippen LogP contribution < -0.4 is 4.74 Å². The van der Waals surface area contributed by atoms with E-state index in [0.29, 0.717) is 12.3 Å². The average Bonchev–Trinajstić information content (AvgIpc) is 2.46. The van der Waals surface area contributed by atoms with Crippen molar-refractivity contribution in [2.45, 2.75) is 51.9 Å². The van der Waals surface area contributed by atoms with Crippen LogP contribution in [0.25, 0.3) is 0 Å². The Bertz CT molecular complexity index is 441. The van der Waals surface area contributed by atoms with Crippen LogP contribution in [0.2, 0.25) is 0 Å². The monoisotopic (exact) mass is 358 g/mol. The third-order valence-electron chi connectivity index (χ3n) is 3.19. The molecule has 0 fully saturated rings. The highest BCUT2D eigenvalue weighted by Gasteiger charge is 2.17. The van der Waals surface area contributed by atoms with Crippen LogP contribution in [-0.2, 0) is 0 Å². The van der Waals surface area contributed by atoms with Crippen molar-refractivity contribution in [3.05, 3.63) is 27.9 Å². The lowest BCUT2D eigenvalue weighted by molar-refractivity contribution is -0.390. The van der Waals surface area contributed by atoms with E-state index in [-0.39, 0.29) is 11.6 Å². The third kappa shape index (κ3) is 7.41. The van der Waals surface area contributed by atoms with Gasteiger partial charge in [0.05, 0.1) is 6.61 Å². The van der Waals surface area contributed by atoms with E-state index in [0.717, 1.165) is 18.2 Å². The van der Waals surface area contributed by atoms with Gasteiger partial charge in [0, 0.05) is 12.3 Å². The number of hydrogen-bond donors (Lipinski definition) is 0. The van der Waals surface area contributed by atoms with Gasteiger partial charge in [-0.3, -0.25) is 0 Å². The minimum absolute atomic E-state index is 0.190. The van der Waals surface area contributed by atoms with Crippen LogP contribution in [-0.4, -0.2) is 21.8 Å². The quantitative estimate of drug-likeness (QED) is 0.246. The second kappa shape index (κ2) is 10.5. The molecular weight excluding hydrogens is 336 g/mol. The number of rotatable bonds is 11. The number of nitrogens with zero attached hydrogens (tertiary/aromatic N) is 2. The van der Waals surface area contributed by atoms with Crippen molar-refractivity contribution < 1.29 is 9.66 Å². The van der Waals surface area contributed by atoms with Crippen molar-refractivity contribution >= 4 is 21.7 Å². The number of aromatic nitrogens is 1. The highest BCUT2D eigenvalue weighted by atomic mass is 79.9. The van der Waals surface area contributed by atoms with Gasteiger partial charge in [0.2, 0.25) is 5.75 Å². The fourth-order valence-electron chi connectivity index (χ4n) is 2.04. The van der Waals surface area contributed by atoms with Crippen molar-refractivity contribution in [3.8, 4) is 5.75 Å². The highest BCUT2D eigenvalue weighted by Crippen LogP contribution is 2.24. The van der Waals surface area contributed by atoms with Gasteiger partial charge in [-0.2, -0.15) is 0 Å². The van der Waals surface area contributed by atoms with Gasteiger partial charge in [0.25, 0.3) is 0 Å². The molecule has 0 radical (unpaired) electrons. The number of hydrogen-bond acceptors (Lipinski definition) is 4. The van der Waals surface area contributed by atoms with Gasteiger partial charge in [-0.15, -0.1) is 0 Å². The lowest BCUT2D eigenvalue weighted by atomic mass is 10.1. The summed E-state index contributed by atoms with van der Waals surface area (Å²) in [5, 5.41) is 12.0. The molecule has 6 heteroatoms. The molecule has 0 aromatic carbocycles. The van der Waals surface area contributed by atoms with E-state index in [4.69, 9.17) is 4.74 Å². The summed E-state index contributed by atoms with van der Waals surface area (Å²) in [6.07, 6.45) is 8.26. The van der Waals surface area contributed by atoms with E-state index >= 15 is 0 Å². The van der Waals surface area contributed by atoms with Gasteiger partial charge in [-0.1, -0.05) is 48.0 Å². The van der Waals surface area contributed by atoms with Crippen LogP contribution in [0.5, 0.6) is 5.75 Å². The first-order chi connectivity index (χ1) is 10.1. The summed E-state index contributed by atoms with van der Waals surface area (Å²) in [7, 11) is 0. The third-order valence-corrected chi connectivity index (χ3v) is 3.75. The largest absolute Gasteiger partial charge is 0.486 e. The Hall–Kier alpha value is -1.17. The van der Waals surface area contributed by atoms with E-state index < -0.39 is 4.92 Å². The van der Waals surface area contributed by atoms with Crippen molar-refractivity contribution in [2.75, 3.05) is 11.9 Å². The predicted molar refractivity (Wildman–Crippen MR) is 87.2 cm³/mol. The fraction of sp³-hybridized carbons (Fsp3) is 0.667. The van der Waals surface area contributed by atoms with Gasteiger partial charge in [0.1, 0.15) is 5.69 Å². The summed E-state index contributed by atoms with van der Waals surface area (Å²) in [5.74, 6) is 0.0766. The molecule has 0 aliphatic carbocycles. The lowest BCUT2D eigenvalue weighted by Crippen LogP contribution is -2.03. The smallest absolute Gasteiger partial charge is 0.406 e. The molecule has 1 aromatic heterocycles. The first kappa shape index (κ1) is 17.9. The summed E-state index contributed by atoms with van der Waals surface area (Å²) in [6.45, 7) is 2.24. The van der Waals surface area contributed by atoms with Crippen LogP contribution >= 0.6 is 15.9 Å². The molecule has 0 saturated carbocycles. The number of nitro groups is 1. The van der Waals surface area contributed by atoms with Crippen LogP contribution in [0.1, 0.15) is 50.6 Å². The van der Waals surface area contributed by atoms with Crippen molar-refractivity contribution in [1.29, 1.82) is 0 Å². The lowest BCUT2D eigenvalue weighted by Gasteiger charge is -2.06. The number of ether oxygens (including phenoxy) is 1. The molecule has 0 aliphatic heterocycles. The minimum atomic E-state index is -0.494. The van der Waals surface area contributed by atoms with Gasteiger partial charge >= 0.3 is 5.82 Å². The van der Waals surface area contributed by atoms with Gasteiger partial charge < -0.3 is 14.9 Å².